The van der Waals surface area contributed by atoms with E-state index >= 15 is 0 Å². The van der Waals surface area contributed by atoms with Gasteiger partial charge in [0.15, 0.2) is 0 Å². The van der Waals surface area contributed by atoms with Crippen LogP contribution in [0.2, 0.25) is 5.02 Å². The van der Waals surface area contributed by atoms with Gasteiger partial charge in [0, 0.05) is 18.1 Å². The zero-order valence-electron chi connectivity index (χ0n) is 18.2. The Morgan fingerprint density at radius 3 is 2.47 bits per heavy atom. The third-order valence-electron chi connectivity index (χ3n) is 5.21. The first-order valence-corrected chi connectivity index (χ1v) is 12.3. The van der Waals surface area contributed by atoms with Crippen LogP contribution in [0.1, 0.15) is 22.8 Å². The fraction of sp³-hybridized carbons (Fsp3) is 0.364. The first-order valence-electron chi connectivity index (χ1n) is 10.1. The summed E-state index contributed by atoms with van der Waals surface area (Å²) >= 11 is 6.08. The Kier molecular flexibility index (Phi) is 7.43. The van der Waals surface area contributed by atoms with Crippen LogP contribution in [-0.2, 0) is 19.6 Å². The molecule has 1 aliphatic rings. The third kappa shape index (κ3) is 5.40. The number of amides is 2. The number of halogens is 1. The maximum absolute atomic E-state index is 13.1. The Bertz CT molecular complexity index is 1120. The number of morpholine rings is 1. The van der Waals surface area contributed by atoms with Gasteiger partial charge in [0.25, 0.3) is 5.91 Å². The van der Waals surface area contributed by atoms with Crippen LogP contribution in [0.3, 0.4) is 0 Å². The van der Waals surface area contributed by atoms with Gasteiger partial charge in [0.1, 0.15) is 6.04 Å². The number of anilines is 2. The van der Waals surface area contributed by atoms with Crippen LogP contribution in [-0.4, -0.2) is 63.7 Å². The van der Waals surface area contributed by atoms with E-state index in [2.05, 4.69) is 5.32 Å². The van der Waals surface area contributed by atoms with Gasteiger partial charge in [-0.2, -0.15) is 0 Å². The molecule has 2 amide bonds. The number of para-hydroxylation sites is 1. The molecule has 0 unspecified atom stereocenters. The molecule has 1 saturated heterocycles. The van der Waals surface area contributed by atoms with Gasteiger partial charge >= 0.3 is 0 Å². The predicted molar refractivity (Wildman–Crippen MR) is 125 cm³/mol. The quantitative estimate of drug-likeness (QED) is 0.687. The number of carbonyl (C=O) groups excluding carboxylic acids is 2. The zero-order chi connectivity index (χ0) is 23.5. The molecule has 0 aliphatic carbocycles. The van der Waals surface area contributed by atoms with E-state index in [1.54, 1.807) is 48.2 Å². The van der Waals surface area contributed by atoms with Crippen molar-refractivity contribution in [2.24, 2.45) is 0 Å². The predicted octanol–water partition coefficient (Wildman–Crippen LogP) is 2.91. The fourth-order valence-corrected chi connectivity index (χ4v) is 4.94. The van der Waals surface area contributed by atoms with Gasteiger partial charge in [-0.05, 0) is 43.7 Å². The number of hydrogen-bond acceptors (Lipinski definition) is 5. The number of carbonyl (C=O) groups is 2. The van der Waals surface area contributed by atoms with Gasteiger partial charge in [0.2, 0.25) is 15.9 Å². The molecule has 1 aliphatic heterocycles. The van der Waals surface area contributed by atoms with Gasteiger partial charge in [-0.1, -0.05) is 29.8 Å². The summed E-state index contributed by atoms with van der Waals surface area (Å²) < 4.78 is 31.5. The summed E-state index contributed by atoms with van der Waals surface area (Å²) in [6, 6.07) is 10.4. The number of benzene rings is 2. The minimum Gasteiger partial charge on any atom is -0.378 e. The monoisotopic (exact) mass is 479 g/mol. The van der Waals surface area contributed by atoms with Gasteiger partial charge in [-0.25, -0.2) is 8.42 Å². The van der Waals surface area contributed by atoms with Crippen molar-refractivity contribution in [1.82, 2.24) is 4.90 Å². The topological polar surface area (TPSA) is 96.0 Å². The molecule has 1 N–H and O–H groups in total. The first-order chi connectivity index (χ1) is 15.1. The van der Waals surface area contributed by atoms with E-state index in [9.17, 15) is 18.0 Å². The van der Waals surface area contributed by atoms with Crippen LogP contribution in [0.15, 0.2) is 42.5 Å². The number of nitrogens with zero attached hydrogens (tertiary/aromatic N) is 2. The molecule has 0 saturated carbocycles. The highest BCUT2D eigenvalue weighted by Crippen LogP contribution is 2.29. The second-order valence-electron chi connectivity index (χ2n) is 7.61. The molecule has 2 aromatic rings. The van der Waals surface area contributed by atoms with E-state index in [0.717, 1.165) is 10.6 Å². The average molecular weight is 480 g/mol. The Morgan fingerprint density at radius 2 is 1.81 bits per heavy atom. The second kappa shape index (κ2) is 9.89. The number of rotatable bonds is 6. The normalized spacial score (nSPS) is 15.2. The zero-order valence-corrected chi connectivity index (χ0v) is 19.7. The lowest BCUT2D eigenvalue weighted by molar-refractivity contribution is -0.116. The molecule has 0 radical (unpaired) electrons. The average Bonchev–Trinajstić information content (AvgIpc) is 2.75. The Hall–Kier alpha value is -2.62. The molecule has 0 spiro atoms. The number of nitrogens with one attached hydrogen (secondary N) is 1. The fourth-order valence-electron chi connectivity index (χ4n) is 3.55. The largest absolute Gasteiger partial charge is 0.378 e. The first kappa shape index (κ1) is 24.0. The van der Waals surface area contributed by atoms with Crippen LogP contribution < -0.4 is 9.62 Å². The lowest BCUT2D eigenvalue weighted by atomic mass is 10.1. The lowest BCUT2D eigenvalue weighted by Crippen LogP contribution is -2.46. The Balaban J connectivity index is 1.89. The van der Waals surface area contributed by atoms with Crippen molar-refractivity contribution in [3.05, 3.63) is 58.6 Å². The van der Waals surface area contributed by atoms with Crippen molar-refractivity contribution in [2.45, 2.75) is 19.9 Å². The molecule has 1 atom stereocenters. The highest BCUT2D eigenvalue weighted by molar-refractivity contribution is 7.92. The molecule has 8 nitrogen and oxygen atoms in total. The van der Waals surface area contributed by atoms with Crippen LogP contribution >= 0.6 is 11.6 Å². The third-order valence-corrected chi connectivity index (χ3v) is 6.67. The highest BCUT2D eigenvalue weighted by atomic mass is 35.5. The maximum Gasteiger partial charge on any atom is 0.256 e. The summed E-state index contributed by atoms with van der Waals surface area (Å²) in [5.41, 5.74) is 1.62. The lowest BCUT2D eigenvalue weighted by Gasteiger charge is -2.30. The van der Waals surface area contributed by atoms with Crippen LogP contribution in [0.25, 0.3) is 0 Å². The van der Waals surface area contributed by atoms with E-state index in [0.29, 0.717) is 53.8 Å². The summed E-state index contributed by atoms with van der Waals surface area (Å²) in [6.07, 6.45) is 1.03. The number of sulfonamides is 1. The standard InChI is InChI=1S/C22H26ClN3O5S/c1-15-8-9-17(23)14-20(15)26(32(3,29)30)16(2)21(27)24-19-7-5-4-6-18(19)22(28)25-10-12-31-13-11-25/h4-9,14,16H,10-13H2,1-3H3,(H,24,27)/t16-/m1/s1. The van der Waals surface area contributed by atoms with E-state index in [4.69, 9.17) is 16.3 Å². The molecular formula is C22H26ClN3O5S. The molecule has 32 heavy (non-hydrogen) atoms. The van der Waals surface area contributed by atoms with Crippen molar-refractivity contribution in [1.29, 1.82) is 0 Å². The number of hydrogen-bond donors (Lipinski definition) is 1. The van der Waals surface area contributed by atoms with Crippen LogP contribution in [0, 0.1) is 6.92 Å². The smallest absolute Gasteiger partial charge is 0.256 e. The highest BCUT2D eigenvalue weighted by Gasteiger charge is 2.31. The van der Waals surface area contributed by atoms with E-state index in [1.807, 2.05) is 0 Å². The van der Waals surface area contributed by atoms with Crippen molar-refractivity contribution >= 4 is 44.8 Å². The second-order valence-corrected chi connectivity index (χ2v) is 9.90. The molecule has 1 fully saturated rings. The molecule has 2 aromatic carbocycles. The summed E-state index contributed by atoms with van der Waals surface area (Å²) in [5, 5.41) is 3.08. The summed E-state index contributed by atoms with van der Waals surface area (Å²) in [4.78, 5) is 27.8. The SMILES string of the molecule is Cc1ccc(Cl)cc1N([C@H](C)C(=O)Nc1ccccc1C(=O)N1CCOCC1)S(C)(=O)=O. The van der Waals surface area contributed by atoms with Gasteiger partial charge < -0.3 is 15.0 Å². The van der Waals surface area contributed by atoms with E-state index < -0.39 is 22.0 Å². The molecular weight excluding hydrogens is 454 g/mol. The van der Waals surface area contributed by atoms with E-state index in [-0.39, 0.29) is 5.91 Å². The molecule has 0 aromatic heterocycles. The maximum atomic E-state index is 13.1. The minimum absolute atomic E-state index is 0.220. The molecule has 172 valence electrons. The number of aryl methyl sites for hydroxylation is 1. The van der Waals surface area contributed by atoms with Crippen LogP contribution in [0.4, 0.5) is 11.4 Å². The van der Waals surface area contributed by atoms with Crippen molar-refractivity contribution < 1.29 is 22.7 Å². The molecule has 1 heterocycles. The van der Waals surface area contributed by atoms with Crippen LogP contribution in [0.5, 0.6) is 0 Å². The minimum atomic E-state index is -3.81. The molecule has 3 rings (SSSR count). The molecule has 10 heteroatoms. The van der Waals surface area contributed by atoms with Gasteiger partial charge in [-0.3, -0.25) is 13.9 Å². The summed E-state index contributed by atoms with van der Waals surface area (Å²) in [6.45, 7) is 5.08. The van der Waals surface area contributed by atoms with Crippen molar-refractivity contribution in [3.8, 4) is 0 Å². The Labute approximate surface area is 193 Å². The van der Waals surface area contributed by atoms with Crippen molar-refractivity contribution in [3.63, 3.8) is 0 Å². The van der Waals surface area contributed by atoms with Gasteiger partial charge in [0.05, 0.1) is 36.4 Å². The Morgan fingerprint density at radius 1 is 1.16 bits per heavy atom. The van der Waals surface area contributed by atoms with E-state index in [1.165, 1.54) is 13.0 Å². The summed E-state index contributed by atoms with van der Waals surface area (Å²) in [7, 11) is -3.81. The molecule has 0 bridgehead atoms. The summed E-state index contributed by atoms with van der Waals surface area (Å²) in [5.74, 6) is -0.792. The number of ether oxygens (including phenoxy) is 1. The van der Waals surface area contributed by atoms with Gasteiger partial charge in [-0.15, -0.1) is 0 Å². The van der Waals surface area contributed by atoms with Crippen molar-refractivity contribution in [2.75, 3.05) is 42.2 Å².